The van der Waals surface area contributed by atoms with E-state index in [1.807, 2.05) is 31.2 Å². The van der Waals surface area contributed by atoms with Crippen LogP contribution < -0.4 is 14.8 Å². The van der Waals surface area contributed by atoms with Crippen LogP contribution in [0.2, 0.25) is 0 Å². The lowest BCUT2D eigenvalue weighted by atomic mass is 9.85. The zero-order chi connectivity index (χ0) is 14.4. The lowest BCUT2D eigenvalue weighted by Gasteiger charge is -2.44. The van der Waals surface area contributed by atoms with Gasteiger partial charge >= 0.3 is 0 Å². The average molecular weight is 279 g/mol. The number of ether oxygens (including phenoxy) is 3. The van der Waals surface area contributed by atoms with E-state index in [-0.39, 0.29) is 12.2 Å². The molecule has 0 bridgehead atoms. The van der Waals surface area contributed by atoms with Crippen LogP contribution in [0.1, 0.15) is 26.7 Å². The second kappa shape index (κ2) is 7.50. The topological polar surface area (TPSA) is 39.7 Å². The van der Waals surface area contributed by atoms with Crippen LogP contribution in [0.3, 0.4) is 0 Å². The molecule has 20 heavy (non-hydrogen) atoms. The van der Waals surface area contributed by atoms with Gasteiger partial charge in [0.2, 0.25) is 0 Å². The van der Waals surface area contributed by atoms with Crippen molar-refractivity contribution in [1.82, 2.24) is 5.32 Å². The normalized spacial score (nSPS) is 25.1. The predicted molar refractivity (Wildman–Crippen MR) is 79.5 cm³/mol. The van der Waals surface area contributed by atoms with Crippen LogP contribution in [0.5, 0.6) is 11.5 Å². The lowest BCUT2D eigenvalue weighted by molar-refractivity contribution is -0.104. The van der Waals surface area contributed by atoms with Gasteiger partial charge in [0.1, 0.15) is 23.7 Å². The Bertz CT molecular complexity index is 393. The van der Waals surface area contributed by atoms with Gasteiger partial charge in [-0.1, -0.05) is 6.92 Å². The van der Waals surface area contributed by atoms with Gasteiger partial charge in [0, 0.05) is 19.1 Å². The summed E-state index contributed by atoms with van der Waals surface area (Å²) in [5.74, 6) is 1.71. The maximum absolute atomic E-state index is 6.00. The molecule has 0 spiro atoms. The number of hydrogen-bond donors (Lipinski definition) is 1. The Morgan fingerprint density at radius 1 is 1.15 bits per heavy atom. The van der Waals surface area contributed by atoms with Crippen molar-refractivity contribution in [3.8, 4) is 11.5 Å². The monoisotopic (exact) mass is 279 g/mol. The van der Waals surface area contributed by atoms with Crippen molar-refractivity contribution in [3.63, 3.8) is 0 Å². The average Bonchev–Trinajstić information content (AvgIpc) is 2.48. The van der Waals surface area contributed by atoms with E-state index in [1.165, 1.54) is 0 Å². The van der Waals surface area contributed by atoms with E-state index in [0.29, 0.717) is 6.04 Å². The quantitative estimate of drug-likeness (QED) is 0.794. The highest BCUT2D eigenvalue weighted by Gasteiger charge is 2.43. The van der Waals surface area contributed by atoms with E-state index in [2.05, 4.69) is 12.2 Å². The minimum Gasteiger partial charge on any atom is -0.497 e. The summed E-state index contributed by atoms with van der Waals surface area (Å²) in [6, 6.07) is 8.12. The summed E-state index contributed by atoms with van der Waals surface area (Å²) in [6.07, 6.45) is 2.42. The maximum Gasteiger partial charge on any atom is 0.128 e. The Labute approximate surface area is 121 Å². The first-order valence-corrected chi connectivity index (χ1v) is 7.44. The molecule has 0 aromatic heterocycles. The van der Waals surface area contributed by atoms with Crippen LogP contribution in [0, 0.1) is 0 Å². The molecule has 1 saturated carbocycles. The molecule has 1 aromatic rings. The Morgan fingerprint density at radius 2 is 1.85 bits per heavy atom. The molecule has 0 radical (unpaired) electrons. The molecule has 4 nitrogen and oxygen atoms in total. The molecule has 1 N–H and O–H groups in total. The van der Waals surface area contributed by atoms with Crippen LogP contribution in [-0.2, 0) is 4.74 Å². The number of nitrogens with one attached hydrogen (secondary N) is 1. The molecule has 0 amide bonds. The van der Waals surface area contributed by atoms with Crippen LogP contribution >= 0.6 is 0 Å². The first kappa shape index (κ1) is 15.1. The first-order chi connectivity index (χ1) is 9.78. The summed E-state index contributed by atoms with van der Waals surface area (Å²) in [5, 5.41) is 3.51. The van der Waals surface area contributed by atoms with Crippen molar-refractivity contribution in [1.29, 1.82) is 0 Å². The molecular formula is C16H25NO3. The van der Waals surface area contributed by atoms with Crippen LogP contribution in [0.4, 0.5) is 0 Å². The van der Waals surface area contributed by atoms with Crippen molar-refractivity contribution in [3.05, 3.63) is 24.3 Å². The SMILES string of the molecule is CCCNC1CC(Oc2ccc(OC)cc2)C1OCC. The van der Waals surface area contributed by atoms with Gasteiger partial charge < -0.3 is 19.5 Å². The van der Waals surface area contributed by atoms with Crippen molar-refractivity contribution in [2.24, 2.45) is 0 Å². The molecule has 112 valence electrons. The summed E-state index contributed by atoms with van der Waals surface area (Å²) in [6.45, 7) is 5.95. The van der Waals surface area contributed by atoms with Crippen molar-refractivity contribution >= 4 is 0 Å². The summed E-state index contributed by atoms with van der Waals surface area (Å²) in [4.78, 5) is 0. The zero-order valence-corrected chi connectivity index (χ0v) is 12.6. The molecule has 0 heterocycles. The van der Waals surface area contributed by atoms with Crippen LogP contribution in [0.15, 0.2) is 24.3 Å². The van der Waals surface area contributed by atoms with Gasteiger partial charge in [-0.2, -0.15) is 0 Å². The second-order valence-corrected chi connectivity index (χ2v) is 5.05. The van der Waals surface area contributed by atoms with Gasteiger partial charge in [-0.15, -0.1) is 0 Å². The molecule has 1 aromatic carbocycles. The molecule has 1 aliphatic rings. The largest absolute Gasteiger partial charge is 0.497 e. The number of methoxy groups -OCH3 is 1. The van der Waals surface area contributed by atoms with E-state index in [0.717, 1.165) is 37.5 Å². The van der Waals surface area contributed by atoms with Gasteiger partial charge in [0.05, 0.1) is 7.11 Å². The highest BCUT2D eigenvalue weighted by Crippen LogP contribution is 2.30. The van der Waals surface area contributed by atoms with Crippen molar-refractivity contribution in [2.45, 2.75) is 44.9 Å². The van der Waals surface area contributed by atoms with E-state index >= 15 is 0 Å². The molecule has 2 rings (SSSR count). The third-order valence-electron chi connectivity index (χ3n) is 3.61. The molecular weight excluding hydrogens is 254 g/mol. The Morgan fingerprint density at radius 3 is 2.45 bits per heavy atom. The van der Waals surface area contributed by atoms with Gasteiger partial charge in [0.15, 0.2) is 0 Å². The highest BCUT2D eigenvalue weighted by molar-refractivity contribution is 5.31. The molecule has 1 aliphatic carbocycles. The van der Waals surface area contributed by atoms with Crippen molar-refractivity contribution < 1.29 is 14.2 Å². The number of hydrogen-bond acceptors (Lipinski definition) is 4. The lowest BCUT2D eigenvalue weighted by Crippen LogP contribution is -2.61. The van der Waals surface area contributed by atoms with E-state index in [1.54, 1.807) is 7.11 Å². The smallest absolute Gasteiger partial charge is 0.128 e. The molecule has 3 atom stereocenters. The van der Waals surface area contributed by atoms with E-state index < -0.39 is 0 Å². The van der Waals surface area contributed by atoms with Gasteiger partial charge in [-0.05, 0) is 44.2 Å². The summed E-state index contributed by atoms with van der Waals surface area (Å²) >= 11 is 0. The predicted octanol–water partition coefficient (Wildman–Crippen LogP) is 2.62. The standard InChI is InChI=1S/C16H25NO3/c1-4-10-17-14-11-15(16(14)19-5-2)20-13-8-6-12(18-3)7-9-13/h6-9,14-17H,4-5,10-11H2,1-3H3. The second-order valence-electron chi connectivity index (χ2n) is 5.05. The summed E-state index contributed by atoms with van der Waals surface area (Å²) in [7, 11) is 1.66. The van der Waals surface area contributed by atoms with E-state index in [4.69, 9.17) is 14.2 Å². The highest BCUT2D eigenvalue weighted by atomic mass is 16.5. The van der Waals surface area contributed by atoms with Crippen molar-refractivity contribution in [2.75, 3.05) is 20.3 Å². The summed E-state index contributed by atoms with van der Waals surface area (Å²) < 4.78 is 17.0. The molecule has 4 heteroatoms. The number of rotatable bonds is 8. The maximum atomic E-state index is 6.00. The fourth-order valence-electron chi connectivity index (χ4n) is 2.47. The van der Waals surface area contributed by atoms with Crippen LogP contribution in [-0.4, -0.2) is 38.5 Å². The minimum atomic E-state index is 0.137. The molecule has 1 fully saturated rings. The number of benzene rings is 1. The van der Waals surface area contributed by atoms with Gasteiger partial charge in [-0.3, -0.25) is 0 Å². The molecule has 0 aliphatic heterocycles. The fourth-order valence-corrected chi connectivity index (χ4v) is 2.47. The Hall–Kier alpha value is -1.26. The Kier molecular flexibility index (Phi) is 5.68. The fraction of sp³-hybridized carbons (Fsp3) is 0.625. The van der Waals surface area contributed by atoms with Gasteiger partial charge in [0.25, 0.3) is 0 Å². The van der Waals surface area contributed by atoms with E-state index in [9.17, 15) is 0 Å². The summed E-state index contributed by atoms with van der Waals surface area (Å²) in [5.41, 5.74) is 0. The zero-order valence-electron chi connectivity index (χ0n) is 12.6. The molecule has 0 saturated heterocycles. The first-order valence-electron chi connectivity index (χ1n) is 7.44. The molecule has 3 unspecified atom stereocenters. The van der Waals surface area contributed by atoms with Crippen LogP contribution in [0.25, 0.3) is 0 Å². The van der Waals surface area contributed by atoms with Gasteiger partial charge in [-0.25, -0.2) is 0 Å². The Balaban J connectivity index is 1.88. The third-order valence-corrected chi connectivity index (χ3v) is 3.61. The third kappa shape index (κ3) is 3.64. The minimum absolute atomic E-state index is 0.137.